The van der Waals surface area contributed by atoms with Gasteiger partial charge in [0.1, 0.15) is 12.6 Å². The van der Waals surface area contributed by atoms with E-state index in [9.17, 15) is 18.0 Å². The molecule has 0 aromatic heterocycles. The maximum atomic E-state index is 13.9. The van der Waals surface area contributed by atoms with Crippen molar-refractivity contribution in [1.29, 1.82) is 0 Å². The third-order valence-corrected chi connectivity index (χ3v) is 9.37. The molecule has 1 saturated carbocycles. The lowest BCUT2D eigenvalue weighted by Gasteiger charge is -2.32. The first-order valence-corrected chi connectivity index (χ1v) is 15.4. The maximum absolute atomic E-state index is 13.9. The molecule has 0 spiro atoms. The van der Waals surface area contributed by atoms with Crippen LogP contribution in [0.2, 0.25) is 5.02 Å². The van der Waals surface area contributed by atoms with Crippen LogP contribution in [-0.2, 0) is 26.2 Å². The highest BCUT2D eigenvalue weighted by molar-refractivity contribution is 9.10. The lowest BCUT2D eigenvalue weighted by molar-refractivity contribution is -0.139. The Kier molecular flexibility index (Phi) is 9.69. The van der Waals surface area contributed by atoms with Crippen LogP contribution < -0.4 is 9.62 Å². The Morgan fingerprint density at radius 1 is 1.00 bits per heavy atom. The summed E-state index contributed by atoms with van der Waals surface area (Å²) in [6.07, 6.45) is 3.96. The standard InChI is InChI=1S/C29H31BrClN3O4S/c1-21(29(36)32-25-10-5-6-11-25)33(19-22-8-7-9-23(30)18-22)28(35)20-34(26-12-3-2-4-13-26)39(37,38)27-16-14-24(31)15-17-27/h2-4,7-9,12-18,21,25H,5-6,10-11,19-20H2,1H3,(H,32,36)/t21-/m0/s1. The molecule has 0 aliphatic heterocycles. The van der Waals surface area contributed by atoms with Gasteiger partial charge in [-0.1, -0.05) is 70.7 Å². The first-order chi connectivity index (χ1) is 18.6. The van der Waals surface area contributed by atoms with Crippen LogP contribution in [0.1, 0.15) is 38.2 Å². The highest BCUT2D eigenvalue weighted by atomic mass is 79.9. The average Bonchev–Trinajstić information content (AvgIpc) is 3.43. The molecule has 0 saturated heterocycles. The smallest absolute Gasteiger partial charge is 0.264 e. The van der Waals surface area contributed by atoms with Crippen LogP contribution in [0.15, 0.2) is 88.2 Å². The van der Waals surface area contributed by atoms with E-state index in [1.807, 2.05) is 24.3 Å². The van der Waals surface area contributed by atoms with Gasteiger partial charge in [-0.15, -0.1) is 0 Å². The van der Waals surface area contributed by atoms with Gasteiger partial charge in [0.2, 0.25) is 11.8 Å². The summed E-state index contributed by atoms with van der Waals surface area (Å²) in [4.78, 5) is 28.6. The second kappa shape index (κ2) is 13.0. The lowest BCUT2D eigenvalue weighted by atomic mass is 10.1. The molecule has 1 fully saturated rings. The number of rotatable bonds is 10. The van der Waals surface area contributed by atoms with Gasteiger partial charge in [-0.05, 0) is 73.9 Å². The molecule has 10 heteroatoms. The monoisotopic (exact) mass is 631 g/mol. The molecule has 3 aromatic rings. The lowest BCUT2D eigenvalue weighted by Crippen LogP contribution is -2.52. The quantitative estimate of drug-likeness (QED) is 0.307. The van der Waals surface area contributed by atoms with E-state index in [0.29, 0.717) is 10.7 Å². The van der Waals surface area contributed by atoms with E-state index in [4.69, 9.17) is 11.6 Å². The molecule has 1 N–H and O–H groups in total. The fourth-order valence-electron chi connectivity index (χ4n) is 4.66. The summed E-state index contributed by atoms with van der Waals surface area (Å²) < 4.78 is 29.4. The van der Waals surface area contributed by atoms with Crippen molar-refractivity contribution in [2.75, 3.05) is 10.8 Å². The molecule has 1 atom stereocenters. The van der Waals surface area contributed by atoms with Crippen LogP contribution in [-0.4, -0.2) is 43.8 Å². The molecule has 1 aliphatic rings. The second-order valence-corrected chi connectivity index (χ2v) is 12.8. The predicted octanol–water partition coefficient (Wildman–Crippen LogP) is 5.77. The maximum Gasteiger partial charge on any atom is 0.264 e. The van der Waals surface area contributed by atoms with Gasteiger partial charge < -0.3 is 10.2 Å². The van der Waals surface area contributed by atoms with Crippen LogP contribution in [0, 0.1) is 0 Å². The van der Waals surface area contributed by atoms with Gasteiger partial charge in [-0.2, -0.15) is 0 Å². The molecule has 206 valence electrons. The minimum absolute atomic E-state index is 0.00844. The highest BCUT2D eigenvalue weighted by Crippen LogP contribution is 2.26. The molecule has 0 radical (unpaired) electrons. The van der Waals surface area contributed by atoms with Crippen molar-refractivity contribution in [2.24, 2.45) is 0 Å². The highest BCUT2D eigenvalue weighted by Gasteiger charge is 2.33. The van der Waals surface area contributed by atoms with E-state index in [2.05, 4.69) is 21.2 Å². The van der Waals surface area contributed by atoms with Crippen LogP contribution in [0.5, 0.6) is 0 Å². The molecule has 1 aliphatic carbocycles. The van der Waals surface area contributed by atoms with Crippen LogP contribution in [0.4, 0.5) is 5.69 Å². The Bertz CT molecular complexity index is 1400. The number of para-hydroxylation sites is 1. The fourth-order valence-corrected chi connectivity index (χ4v) is 6.65. The minimum Gasteiger partial charge on any atom is -0.352 e. The molecule has 2 amide bonds. The van der Waals surface area contributed by atoms with Gasteiger partial charge in [-0.25, -0.2) is 8.42 Å². The van der Waals surface area contributed by atoms with Crippen molar-refractivity contribution in [3.05, 3.63) is 93.9 Å². The van der Waals surface area contributed by atoms with E-state index in [0.717, 1.165) is 40.0 Å². The molecule has 4 rings (SSSR count). The van der Waals surface area contributed by atoms with Crippen molar-refractivity contribution in [1.82, 2.24) is 10.2 Å². The molecular formula is C29H31BrClN3O4S. The Morgan fingerprint density at radius 3 is 2.31 bits per heavy atom. The normalized spacial score (nSPS) is 14.5. The van der Waals surface area contributed by atoms with Crippen molar-refractivity contribution < 1.29 is 18.0 Å². The Labute approximate surface area is 243 Å². The van der Waals surface area contributed by atoms with E-state index in [1.165, 1.54) is 29.2 Å². The Morgan fingerprint density at radius 2 is 1.67 bits per heavy atom. The topological polar surface area (TPSA) is 86.8 Å². The molecule has 0 heterocycles. The summed E-state index contributed by atoms with van der Waals surface area (Å²) >= 11 is 9.45. The average molecular weight is 633 g/mol. The zero-order valence-electron chi connectivity index (χ0n) is 21.6. The minimum atomic E-state index is -4.12. The zero-order valence-corrected chi connectivity index (χ0v) is 24.8. The number of halogens is 2. The van der Waals surface area contributed by atoms with Gasteiger partial charge in [0.15, 0.2) is 0 Å². The van der Waals surface area contributed by atoms with E-state index in [-0.39, 0.29) is 23.4 Å². The van der Waals surface area contributed by atoms with Crippen molar-refractivity contribution in [2.45, 2.75) is 56.1 Å². The molecule has 39 heavy (non-hydrogen) atoms. The van der Waals surface area contributed by atoms with Gasteiger partial charge in [-0.3, -0.25) is 13.9 Å². The molecule has 0 unspecified atom stereocenters. The summed E-state index contributed by atoms with van der Waals surface area (Å²) in [5.41, 5.74) is 1.15. The number of carbonyl (C=O) groups excluding carboxylic acids is 2. The Hall–Kier alpha value is -2.88. The summed E-state index contributed by atoms with van der Waals surface area (Å²) in [6.45, 7) is 1.34. The first kappa shape index (κ1) is 29.1. The van der Waals surface area contributed by atoms with Gasteiger partial charge in [0.25, 0.3) is 10.0 Å². The number of anilines is 1. The molecule has 7 nitrogen and oxygen atoms in total. The largest absolute Gasteiger partial charge is 0.352 e. The number of carbonyl (C=O) groups is 2. The van der Waals surface area contributed by atoms with Crippen LogP contribution in [0.25, 0.3) is 0 Å². The van der Waals surface area contributed by atoms with Gasteiger partial charge >= 0.3 is 0 Å². The molecule has 0 bridgehead atoms. The number of nitrogens with zero attached hydrogens (tertiary/aromatic N) is 2. The first-order valence-electron chi connectivity index (χ1n) is 12.8. The van der Waals surface area contributed by atoms with E-state index < -0.39 is 28.5 Å². The molecule has 3 aromatic carbocycles. The summed E-state index contributed by atoms with van der Waals surface area (Å²) in [7, 11) is -4.12. The van der Waals surface area contributed by atoms with Crippen LogP contribution in [0.3, 0.4) is 0 Å². The van der Waals surface area contributed by atoms with Crippen LogP contribution >= 0.6 is 27.5 Å². The Balaban J connectivity index is 1.66. The SMILES string of the molecule is C[C@@H](C(=O)NC1CCCC1)N(Cc1cccc(Br)c1)C(=O)CN(c1ccccc1)S(=O)(=O)c1ccc(Cl)cc1. The van der Waals surface area contributed by atoms with Crippen molar-refractivity contribution in [3.8, 4) is 0 Å². The zero-order chi connectivity index (χ0) is 28.0. The van der Waals surface area contributed by atoms with E-state index in [1.54, 1.807) is 37.3 Å². The van der Waals surface area contributed by atoms with Gasteiger partial charge in [0.05, 0.1) is 10.6 Å². The summed E-state index contributed by atoms with van der Waals surface area (Å²) in [6, 6.07) is 21.0. The predicted molar refractivity (Wildman–Crippen MR) is 157 cm³/mol. The van der Waals surface area contributed by atoms with Crippen molar-refractivity contribution >= 4 is 55.1 Å². The summed E-state index contributed by atoms with van der Waals surface area (Å²) in [5.74, 6) is -0.748. The molecular weight excluding hydrogens is 602 g/mol. The number of hydrogen-bond acceptors (Lipinski definition) is 4. The number of sulfonamides is 1. The number of benzene rings is 3. The van der Waals surface area contributed by atoms with E-state index >= 15 is 0 Å². The third-order valence-electron chi connectivity index (χ3n) is 6.84. The van der Waals surface area contributed by atoms with Gasteiger partial charge in [0, 0.05) is 22.1 Å². The number of amides is 2. The number of hydrogen-bond donors (Lipinski definition) is 1. The second-order valence-electron chi connectivity index (χ2n) is 9.62. The summed E-state index contributed by atoms with van der Waals surface area (Å²) in [5, 5.41) is 3.47. The number of nitrogens with one attached hydrogen (secondary N) is 1. The van der Waals surface area contributed by atoms with Crippen molar-refractivity contribution in [3.63, 3.8) is 0 Å². The fraction of sp³-hybridized carbons (Fsp3) is 0.310. The third kappa shape index (κ3) is 7.41.